The van der Waals surface area contributed by atoms with Crippen LogP contribution < -0.4 is 19.5 Å². The number of aliphatic hydroxyl groups is 1. The van der Waals surface area contributed by atoms with Crippen molar-refractivity contribution in [3.8, 4) is 11.5 Å². The van der Waals surface area contributed by atoms with Gasteiger partial charge in [0, 0.05) is 12.7 Å². The monoisotopic (exact) mass is 449 g/mol. The fourth-order valence-corrected chi connectivity index (χ4v) is 4.74. The maximum Gasteiger partial charge on any atom is 0.280 e. The molecule has 3 N–H and O–H groups in total. The van der Waals surface area contributed by atoms with Crippen LogP contribution >= 0.6 is 0 Å². The third-order valence-electron chi connectivity index (χ3n) is 5.34. The molecule has 1 heterocycles. The van der Waals surface area contributed by atoms with Crippen molar-refractivity contribution in [1.29, 1.82) is 0 Å². The molecule has 0 aliphatic carbocycles. The van der Waals surface area contributed by atoms with E-state index in [4.69, 9.17) is 9.47 Å². The molecule has 1 aliphatic heterocycles. The number of aliphatic hydroxyl groups excluding tert-OH is 1. The first kappa shape index (κ1) is 23.0. The summed E-state index contributed by atoms with van der Waals surface area (Å²) in [5, 5.41) is 12.4. The van der Waals surface area contributed by atoms with Crippen molar-refractivity contribution in [3.05, 3.63) is 53.6 Å². The molecule has 2 aromatic rings. The molecule has 0 saturated carbocycles. The Morgan fingerprint density at radius 3 is 2.39 bits per heavy atom. The number of hydrogen-bond donors (Lipinski definition) is 3. The molecule has 0 aromatic heterocycles. The molecule has 0 unspecified atom stereocenters. The van der Waals surface area contributed by atoms with Gasteiger partial charge in [-0.25, -0.2) is 0 Å². The summed E-state index contributed by atoms with van der Waals surface area (Å²) in [6.07, 6.45) is -0.393. The summed E-state index contributed by atoms with van der Waals surface area (Å²) in [5.74, 6) is 0.553. The van der Waals surface area contributed by atoms with Crippen molar-refractivity contribution in [3.63, 3.8) is 0 Å². The lowest BCUT2D eigenvalue weighted by atomic mass is 9.99. The van der Waals surface area contributed by atoms with Crippen LogP contribution in [-0.2, 0) is 15.0 Å². The van der Waals surface area contributed by atoms with Crippen molar-refractivity contribution in [2.45, 2.75) is 31.5 Å². The van der Waals surface area contributed by atoms with Crippen molar-refractivity contribution >= 4 is 21.8 Å². The Balaban J connectivity index is 1.83. The van der Waals surface area contributed by atoms with Gasteiger partial charge in [-0.05, 0) is 48.7 Å². The molecule has 2 aromatic carbocycles. The minimum Gasteiger partial charge on any atom is -0.493 e. The Labute approximate surface area is 182 Å². The highest BCUT2D eigenvalue weighted by Gasteiger charge is 2.40. The number of amides is 1. The summed E-state index contributed by atoms with van der Waals surface area (Å²) >= 11 is 0. The number of nitrogens with one attached hydrogen (secondary N) is 2. The number of anilines is 1. The van der Waals surface area contributed by atoms with Crippen LogP contribution in [0.2, 0.25) is 0 Å². The summed E-state index contributed by atoms with van der Waals surface area (Å²) in [6.45, 7) is 1.65. The van der Waals surface area contributed by atoms with Crippen molar-refractivity contribution in [1.82, 2.24) is 9.03 Å². The SMILES string of the molecule is COc1ccc([C@@H]2C[C@H](C(=O)Nc3ccc([C@H](C)O)cc3)N(C)S(=O)(=O)N2)cc1OC. The van der Waals surface area contributed by atoms with Gasteiger partial charge in [0.15, 0.2) is 11.5 Å². The van der Waals surface area contributed by atoms with Crippen LogP contribution in [0.25, 0.3) is 0 Å². The molecule has 1 amide bonds. The molecule has 9 nitrogen and oxygen atoms in total. The standard InChI is InChI=1S/C21H27N3O6S/c1-13(25)14-5-8-16(9-6-14)22-21(26)18-12-17(23-31(27,28)24(18)2)15-7-10-19(29-3)20(11-15)30-4/h5-11,13,17-18,23,25H,12H2,1-4H3,(H,22,26)/t13-,17-,18+/m0/s1. The molecule has 168 valence electrons. The van der Waals surface area contributed by atoms with E-state index in [1.165, 1.54) is 21.3 Å². The molecular formula is C21H27N3O6S. The highest BCUT2D eigenvalue weighted by atomic mass is 32.2. The maximum absolute atomic E-state index is 12.9. The van der Waals surface area contributed by atoms with Crippen LogP contribution in [-0.4, -0.2) is 51.0 Å². The summed E-state index contributed by atoms with van der Waals surface area (Å²) in [4.78, 5) is 12.9. The van der Waals surface area contributed by atoms with Gasteiger partial charge in [-0.1, -0.05) is 18.2 Å². The van der Waals surface area contributed by atoms with E-state index in [1.807, 2.05) is 0 Å². The van der Waals surface area contributed by atoms with Crippen LogP contribution in [0.3, 0.4) is 0 Å². The predicted molar refractivity (Wildman–Crippen MR) is 116 cm³/mol. The summed E-state index contributed by atoms with van der Waals surface area (Å²) in [5.41, 5.74) is 1.89. The molecule has 3 atom stereocenters. The number of benzene rings is 2. The second-order valence-corrected chi connectivity index (χ2v) is 9.11. The van der Waals surface area contributed by atoms with Gasteiger partial charge in [0.05, 0.1) is 26.4 Å². The number of methoxy groups -OCH3 is 2. The van der Waals surface area contributed by atoms with Gasteiger partial charge in [0.1, 0.15) is 6.04 Å². The van der Waals surface area contributed by atoms with Crippen LogP contribution in [0.15, 0.2) is 42.5 Å². The zero-order valence-electron chi connectivity index (χ0n) is 17.8. The predicted octanol–water partition coefficient (Wildman–Crippen LogP) is 1.98. The van der Waals surface area contributed by atoms with Crippen LogP contribution in [0.5, 0.6) is 11.5 Å². The Kier molecular flexibility index (Phi) is 6.85. The maximum atomic E-state index is 12.9. The number of carbonyl (C=O) groups is 1. The smallest absolute Gasteiger partial charge is 0.280 e. The Hall–Kier alpha value is -2.66. The molecule has 1 aliphatic rings. The van der Waals surface area contributed by atoms with Gasteiger partial charge in [-0.15, -0.1) is 0 Å². The van der Waals surface area contributed by atoms with Crippen LogP contribution in [0.4, 0.5) is 5.69 Å². The van der Waals surface area contributed by atoms with E-state index in [9.17, 15) is 18.3 Å². The van der Waals surface area contributed by atoms with Gasteiger partial charge in [-0.2, -0.15) is 17.4 Å². The van der Waals surface area contributed by atoms with Crippen molar-refractivity contribution in [2.24, 2.45) is 0 Å². The van der Waals surface area contributed by atoms with E-state index in [1.54, 1.807) is 49.4 Å². The van der Waals surface area contributed by atoms with Crippen molar-refractivity contribution in [2.75, 3.05) is 26.6 Å². The number of nitrogens with zero attached hydrogens (tertiary/aromatic N) is 1. The molecule has 0 bridgehead atoms. The summed E-state index contributed by atoms with van der Waals surface area (Å²) in [6, 6.07) is 10.3. The fraction of sp³-hybridized carbons (Fsp3) is 0.381. The molecule has 1 fully saturated rings. The molecule has 1 saturated heterocycles. The topological polar surface area (TPSA) is 117 Å². The van der Waals surface area contributed by atoms with Crippen LogP contribution in [0.1, 0.15) is 36.6 Å². The molecule has 31 heavy (non-hydrogen) atoms. The minimum absolute atomic E-state index is 0.225. The Morgan fingerprint density at radius 1 is 1.16 bits per heavy atom. The van der Waals surface area contributed by atoms with Gasteiger partial charge >= 0.3 is 0 Å². The van der Waals surface area contributed by atoms with E-state index < -0.39 is 34.3 Å². The minimum atomic E-state index is -3.88. The fourth-order valence-electron chi connectivity index (χ4n) is 3.47. The molecule has 3 rings (SSSR count). The quantitative estimate of drug-likeness (QED) is 0.621. The number of hydrogen-bond acceptors (Lipinski definition) is 6. The molecular weight excluding hydrogens is 422 g/mol. The van der Waals surface area contributed by atoms with E-state index in [0.29, 0.717) is 28.3 Å². The first-order valence-electron chi connectivity index (χ1n) is 9.72. The Bertz CT molecular complexity index is 1040. The lowest BCUT2D eigenvalue weighted by Crippen LogP contribution is -2.55. The van der Waals surface area contributed by atoms with Gasteiger partial charge in [-0.3, -0.25) is 4.79 Å². The third kappa shape index (κ3) is 4.99. The zero-order chi connectivity index (χ0) is 22.8. The largest absolute Gasteiger partial charge is 0.493 e. The van der Waals surface area contributed by atoms with Gasteiger partial charge in [0.2, 0.25) is 5.91 Å². The number of likely N-dealkylation sites (N-methyl/N-ethyl adjacent to an activating group) is 1. The van der Waals surface area contributed by atoms with E-state index in [-0.39, 0.29) is 6.42 Å². The average Bonchev–Trinajstić information content (AvgIpc) is 2.75. The highest BCUT2D eigenvalue weighted by molar-refractivity contribution is 7.87. The van der Waals surface area contributed by atoms with E-state index in [0.717, 1.165) is 4.31 Å². The summed E-state index contributed by atoms with van der Waals surface area (Å²) in [7, 11) is 0.505. The first-order chi connectivity index (χ1) is 14.7. The first-order valence-corrected chi connectivity index (χ1v) is 11.2. The highest BCUT2D eigenvalue weighted by Crippen LogP contribution is 2.34. The van der Waals surface area contributed by atoms with E-state index >= 15 is 0 Å². The normalized spacial score (nSPS) is 21.8. The van der Waals surface area contributed by atoms with Gasteiger partial charge < -0.3 is 19.9 Å². The molecule has 0 spiro atoms. The lowest BCUT2D eigenvalue weighted by Gasteiger charge is -2.36. The number of carbonyl (C=O) groups excluding carboxylic acids is 1. The van der Waals surface area contributed by atoms with Gasteiger partial charge in [0.25, 0.3) is 10.2 Å². The second kappa shape index (κ2) is 9.23. The average molecular weight is 450 g/mol. The van der Waals surface area contributed by atoms with E-state index in [2.05, 4.69) is 10.0 Å². The third-order valence-corrected chi connectivity index (χ3v) is 6.94. The molecule has 10 heteroatoms. The summed E-state index contributed by atoms with van der Waals surface area (Å²) < 4.78 is 39.5. The molecule has 0 radical (unpaired) electrons. The lowest BCUT2D eigenvalue weighted by molar-refractivity contribution is -0.120. The zero-order valence-corrected chi connectivity index (χ0v) is 18.6. The van der Waals surface area contributed by atoms with Crippen LogP contribution in [0, 0.1) is 0 Å². The van der Waals surface area contributed by atoms with Crippen molar-refractivity contribution < 1.29 is 27.8 Å². The number of rotatable bonds is 6. The number of ether oxygens (including phenoxy) is 2. The Morgan fingerprint density at radius 2 is 1.81 bits per heavy atom. The second-order valence-electron chi connectivity index (χ2n) is 7.34.